The summed E-state index contributed by atoms with van der Waals surface area (Å²) in [6.07, 6.45) is 0. The molecule has 0 N–H and O–H groups in total. The summed E-state index contributed by atoms with van der Waals surface area (Å²) in [7, 11) is 3.00. The second-order valence-electron chi connectivity index (χ2n) is 4.04. The predicted octanol–water partition coefficient (Wildman–Crippen LogP) is 4.23. The Morgan fingerprint density at radius 2 is 1.43 bits per heavy atom. The van der Waals surface area contributed by atoms with Crippen molar-refractivity contribution in [1.82, 2.24) is 0 Å². The van der Waals surface area contributed by atoms with Crippen LogP contribution in [0, 0.1) is 0 Å². The quantitative estimate of drug-likeness (QED) is 0.623. The Labute approximate surface area is 132 Å². The lowest BCUT2D eigenvalue weighted by Crippen LogP contribution is -2.08. The van der Waals surface area contributed by atoms with Crippen molar-refractivity contribution in [2.24, 2.45) is 0 Å². The molecule has 2 aromatic rings. The lowest BCUT2D eigenvalue weighted by Gasteiger charge is -2.09. The van der Waals surface area contributed by atoms with Crippen LogP contribution in [0.4, 0.5) is 0 Å². The first-order valence-electron chi connectivity index (χ1n) is 5.94. The molecule has 0 spiro atoms. The fourth-order valence-corrected chi connectivity index (χ4v) is 2.32. The molecule has 0 aromatic heterocycles. The number of ether oxygens (including phenoxy) is 3. The van der Waals surface area contributed by atoms with Crippen molar-refractivity contribution in [2.75, 3.05) is 14.2 Å². The summed E-state index contributed by atoms with van der Waals surface area (Å²) >= 11 is 12.0. The van der Waals surface area contributed by atoms with Crippen LogP contribution in [0.1, 0.15) is 10.4 Å². The topological polar surface area (TPSA) is 44.8 Å². The van der Waals surface area contributed by atoms with Crippen molar-refractivity contribution in [1.29, 1.82) is 0 Å². The first-order valence-corrected chi connectivity index (χ1v) is 6.70. The Morgan fingerprint density at radius 1 is 0.905 bits per heavy atom. The molecule has 0 heterocycles. The van der Waals surface area contributed by atoms with Gasteiger partial charge in [-0.1, -0.05) is 23.2 Å². The summed E-state index contributed by atoms with van der Waals surface area (Å²) in [4.78, 5) is 12.1. The smallest absolute Gasteiger partial charge is 0.343 e. The van der Waals surface area contributed by atoms with E-state index in [0.29, 0.717) is 17.2 Å². The molecule has 0 fully saturated rings. The van der Waals surface area contributed by atoms with E-state index >= 15 is 0 Å². The van der Waals surface area contributed by atoms with Gasteiger partial charge in [0.05, 0.1) is 29.8 Å². The first kappa shape index (κ1) is 15.5. The van der Waals surface area contributed by atoms with E-state index in [4.69, 9.17) is 37.4 Å². The molecule has 21 heavy (non-hydrogen) atoms. The van der Waals surface area contributed by atoms with Gasteiger partial charge in [-0.15, -0.1) is 0 Å². The third kappa shape index (κ3) is 3.60. The van der Waals surface area contributed by atoms with Gasteiger partial charge in [-0.25, -0.2) is 4.79 Å². The average molecular weight is 327 g/mol. The lowest BCUT2D eigenvalue weighted by atomic mass is 10.2. The first-order chi connectivity index (χ1) is 10.0. The minimum atomic E-state index is -0.563. The minimum Gasteiger partial charge on any atom is -0.497 e. The highest BCUT2D eigenvalue weighted by Crippen LogP contribution is 2.34. The number of hydrogen-bond acceptors (Lipinski definition) is 4. The zero-order valence-corrected chi connectivity index (χ0v) is 12.9. The van der Waals surface area contributed by atoms with Crippen molar-refractivity contribution < 1.29 is 19.0 Å². The number of rotatable bonds is 4. The molecule has 0 saturated carbocycles. The zero-order chi connectivity index (χ0) is 15.4. The Balaban J connectivity index is 2.20. The summed E-state index contributed by atoms with van der Waals surface area (Å²) in [5, 5.41) is 0.485. The predicted molar refractivity (Wildman–Crippen MR) is 81.0 cm³/mol. The van der Waals surface area contributed by atoms with Gasteiger partial charge in [0.2, 0.25) is 0 Å². The van der Waals surface area contributed by atoms with Crippen LogP contribution in [-0.4, -0.2) is 20.2 Å². The minimum absolute atomic E-state index is 0.238. The molecule has 0 unspecified atom stereocenters. The van der Waals surface area contributed by atoms with E-state index in [1.165, 1.54) is 19.2 Å². The summed E-state index contributed by atoms with van der Waals surface area (Å²) in [5.41, 5.74) is 0.238. The molecular formula is C15H12Cl2O4. The van der Waals surface area contributed by atoms with Gasteiger partial charge in [0.15, 0.2) is 5.75 Å². The number of esters is 1. The average Bonchev–Trinajstić information content (AvgIpc) is 2.47. The molecular weight excluding hydrogens is 315 g/mol. The summed E-state index contributed by atoms with van der Waals surface area (Å²) in [6, 6.07) is 9.52. The van der Waals surface area contributed by atoms with Crippen LogP contribution >= 0.6 is 23.2 Å². The molecule has 0 aliphatic carbocycles. The fourth-order valence-electron chi connectivity index (χ4n) is 1.68. The van der Waals surface area contributed by atoms with E-state index in [2.05, 4.69) is 0 Å². The van der Waals surface area contributed by atoms with Crippen LogP contribution in [0.2, 0.25) is 10.0 Å². The van der Waals surface area contributed by atoms with Gasteiger partial charge < -0.3 is 14.2 Å². The number of methoxy groups -OCH3 is 2. The fraction of sp³-hybridized carbons (Fsp3) is 0.133. The highest BCUT2D eigenvalue weighted by atomic mass is 35.5. The van der Waals surface area contributed by atoms with E-state index in [-0.39, 0.29) is 15.6 Å². The van der Waals surface area contributed by atoms with Gasteiger partial charge in [0, 0.05) is 0 Å². The number of halogens is 2. The number of hydrogen-bond donors (Lipinski definition) is 0. The standard InChI is InChI=1S/C15H12Cl2O4/c1-19-10-3-5-11(6-4-10)21-15(18)9-7-12(16)14(20-2)13(17)8-9/h3-8H,1-2H3. The van der Waals surface area contributed by atoms with Crippen LogP contribution < -0.4 is 14.2 Å². The van der Waals surface area contributed by atoms with Crippen LogP contribution in [0.15, 0.2) is 36.4 Å². The van der Waals surface area contributed by atoms with Crippen molar-refractivity contribution >= 4 is 29.2 Å². The van der Waals surface area contributed by atoms with E-state index in [9.17, 15) is 4.79 Å². The van der Waals surface area contributed by atoms with Gasteiger partial charge in [-0.05, 0) is 36.4 Å². The molecule has 0 aliphatic heterocycles. The summed E-state index contributed by atoms with van der Waals surface area (Å²) < 4.78 is 15.3. The van der Waals surface area contributed by atoms with Crippen molar-refractivity contribution in [3.63, 3.8) is 0 Å². The maximum atomic E-state index is 12.1. The molecule has 2 rings (SSSR count). The maximum absolute atomic E-state index is 12.1. The molecule has 0 atom stereocenters. The Morgan fingerprint density at radius 3 is 1.90 bits per heavy atom. The Hall–Kier alpha value is -1.91. The third-order valence-electron chi connectivity index (χ3n) is 2.71. The molecule has 4 nitrogen and oxygen atoms in total. The number of benzene rings is 2. The van der Waals surface area contributed by atoms with E-state index in [0.717, 1.165) is 0 Å². The lowest BCUT2D eigenvalue weighted by molar-refractivity contribution is 0.0734. The molecule has 6 heteroatoms. The zero-order valence-electron chi connectivity index (χ0n) is 11.4. The van der Waals surface area contributed by atoms with Crippen LogP contribution in [0.3, 0.4) is 0 Å². The highest BCUT2D eigenvalue weighted by Gasteiger charge is 2.15. The van der Waals surface area contributed by atoms with Gasteiger partial charge >= 0.3 is 5.97 Å². The second-order valence-corrected chi connectivity index (χ2v) is 4.85. The number of carbonyl (C=O) groups is 1. The molecule has 110 valence electrons. The Kier molecular flexibility index (Phi) is 4.94. The summed E-state index contributed by atoms with van der Waals surface area (Å²) in [6.45, 7) is 0. The second kappa shape index (κ2) is 6.70. The monoisotopic (exact) mass is 326 g/mol. The highest BCUT2D eigenvalue weighted by molar-refractivity contribution is 6.37. The largest absolute Gasteiger partial charge is 0.497 e. The van der Waals surface area contributed by atoms with Crippen molar-refractivity contribution in [3.05, 3.63) is 52.0 Å². The normalized spacial score (nSPS) is 10.1. The molecule has 0 radical (unpaired) electrons. The van der Waals surface area contributed by atoms with Crippen molar-refractivity contribution in [2.45, 2.75) is 0 Å². The van der Waals surface area contributed by atoms with Gasteiger partial charge in [0.1, 0.15) is 11.5 Å². The molecule has 0 saturated heterocycles. The molecule has 0 bridgehead atoms. The van der Waals surface area contributed by atoms with Crippen LogP contribution in [0.25, 0.3) is 0 Å². The van der Waals surface area contributed by atoms with E-state index < -0.39 is 5.97 Å². The van der Waals surface area contributed by atoms with Crippen molar-refractivity contribution in [3.8, 4) is 17.2 Å². The molecule has 2 aromatic carbocycles. The molecule has 0 aliphatic rings. The Bertz CT molecular complexity index is 630. The van der Waals surface area contributed by atoms with Gasteiger partial charge in [-0.2, -0.15) is 0 Å². The SMILES string of the molecule is COc1ccc(OC(=O)c2cc(Cl)c(OC)c(Cl)c2)cc1. The maximum Gasteiger partial charge on any atom is 0.343 e. The van der Waals surface area contributed by atoms with E-state index in [1.807, 2.05) is 0 Å². The van der Waals surface area contributed by atoms with E-state index in [1.54, 1.807) is 31.4 Å². The van der Waals surface area contributed by atoms with Gasteiger partial charge in [-0.3, -0.25) is 0 Å². The van der Waals surface area contributed by atoms with Gasteiger partial charge in [0.25, 0.3) is 0 Å². The summed E-state index contributed by atoms with van der Waals surface area (Å²) in [5.74, 6) is 0.820. The van der Waals surface area contributed by atoms with Crippen LogP contribution in [0.5, 0.6) is 17.2 Å². The van der Waals surface area contributed by atoms with Crippen LogP contribution in [-0.2, 0) is 0 Å². The number of carbonyl (C=O) groups excluding carboxylic acids is 1. The molecule has 0 amide bonds. The third-order valence-corrected chi connectivity index (χ3v) is 3.27.